The summed E-state index contributed by atoms with van der Waals surface area (Å²) in [6.45, 7) is 5.19. The van der Waals surface area contributed by atoms with Gasteiger partial charge >= 0.3 is 0 Å². The topological polar surface area (TPSA) is 32.7 Å². The maximum Gasteiger partial charge on any atom is 0.0958 e. The van der Waals surface area contributed by atoms with Crippen LogP contribution in [0.4, 0.5) is 0 Å². The molecular formula is C13H19NO2. The van der Waals surface area contributed by atoms with Gasteiger partial charge in [0.05, 0.1) is 18.8 Å². The van der Waals surface area contributed by atoms with Gasteiger partial charge in [-0.1, -0.05) is 30.3 Å². The van der Waals surface area contributed by atoms with Gasteiger partial charge in [-0.05, 0) is 12.5 Å². The fourth-order valence-electron chi connectivity index (χ4n) is 2.01. The van der Waals surface area contributed by atoms with Gasteiger partial charge in [0.15, 0.2) is 0 Å². The lowest BCUT2D eigenvalue weighted by Gasteiger charge is -2.34. The third kappa shape index (κ3) is 3.04. The van der Waals surface area contributed by atoms with E-state index in [0.29, 0.717) is 6.61 Å². The molecule has 1 aromatic rings. The van der Waals surface area contributed by atoms with Gasteiger partial charge in [-0.15, -0.1) is 0 Å². The van der Waals surface area contributed by atoms with E-state index in [1.54, 1.807) is 6.92 Å². The van der Waals surface area contributed by atoms with E-state index in [0.717, 1.165) is 19.6 Å². The minimum atomic E-state index is -0.390. The molecule has 1 N–H and O–H groups in total. The van der Waals surface area contributed by atoms with E-state index in [4.69, 9.17) is 4.74 Å². The zero-order valence-corrected chi connectivity index (χ0v) is 9.67. The zero-order valence-electron chi connectivity index (χ0n) is 9.67. The molecule has 2 atom stereocenters. The van der Waals surface area contributed by atoms with Crippen molar-refractivity contribution in [3.05, 3.63) is 35.9 Å². The molecule has 2 rings (SSSR count). The lowest BCUT2D eigenvalue weighted by molar-refractivity contribution is -0.0845. The van der Waals surface area contributed by atoms with E-state index in [-0.39, 0.29) is 6.10 Å². The summed E-state index contributed by atoms with van der Waals surface area (Å²) in [5.41, 5.74) is 1.31. The summed E-state index contributed by atoms with van der Waals surface area (Å²) in [5.74, 6) is 0. The number of nitrogens with zero attached hydrogens (tertiary/aromatic N) is 1. The van der Waals surface area contributed by atoms with Crippen molar-refractivity contribution >= 4 is 0 Å². The van der Waals surface area contributed by atoms with E-state index in [2.05, 4.69) is 29.2 Å². The highest BCUT2D eigenvalue weighted by molar-refractivity contribution is 5.14. The Morgan fingerprint density at radius 1 is 1.44 bits per heavy atom. The predicted molar refractivity (Wildman–Crippen MR) is 63.1 cm³/mol. The van der Waals surface area contributed by atoms with Crippen LogP contribution >= 0.6 is 0 Å². The highest BCUT2D eigenvalue weighted by Crippen LogP contribution is 2.12. The minimum absolute atomic E-state index is 0.0440. The molecule has 1 heterocycles. The molecule has 0 aromatic heterocycles. The normalized spacial score (nSPS) is 24.2. The van der Waals surface area contributed by atoms with Gasteiger partial charge in [0.2, 0.25) is 0 Å². The zero-order chi connectivity index (χ0) is 11.4. The maximum absolute atomic E-state index is 9.51. The van der Waals surface area contributed by atoms with Crippen molar-refractivity contribution in [1.82, 2.24) is 4.90 Å². The summed E-state index contributed by atoms with van der Waals surface area (Å²) < 4.78 is 5.52. The van der Waals surface area contributed by atoms with Crippen LogP contribution in [0.1, 0.15) is 12.5 Å². The summed E-state index contributed by atoms with van der Waals surface area (Å²) in [7, 11) is 0. The largest absolute Gasteiger partial charge is 0.391 e. The quantitative estimate of drug-likeness (QED) is 0.834. The molecule has 0 aliphatic carbocycles. The van der Waals surface area contributed by atoms with Gasteiger partial charge < -0.3 is 9.84 Å². The number of hydrogen-bond acceptors (Lipinski definition) is 3. The second kappa shape index (κ2) is 5.43. The van der Waals surface area contributed by atoms with Crippen molar-refractivity contribution < 1.29 is 9.84 Å². The average molecular weight is 221 g/mol. The number of hydrogen-bond donors (Lipinski definition) is 1. The van der Waals surface area contributed by atoms with Gasteiger partial charge in [-0.25, -0.2) is 0 Å². The monoisotopic (exact) mass is 221 g/mol. The number of aliphatic hydroxyl groups is 1. The third-order valence-electron chi connectivity index (χ3n) is 2.96. The van der Waals surface area contributed by atoms with Crippen LogP contribution in [-0.4, -0.2) is 41.9 Å². The average Bonchev–Trinajstić information content (AvgIpc) is 2.30. The number of benzene rings is 1. The Kier molecular flexibility index (Phi) is 3.93. The number of morpholine rings is 1. The molecule has 0 saturated carbocycles. The molecule has 1 aliphatic heterocycles. The fourth-order valence-corrected chi connectivity index (χ4v) is 2.01. The molecule has 16 heavy (non-hydrogen) atoms. The summed E-state index contributed by atoms with van der Waals surface area (Å²) in [4.78, 5) is 2.33. The maximum atomic E-state index is 9.51. The molecule has 0 amide bonds. The molecule has 1 aromatic carbocycles. The minimum Gasteiger partial charge on any atom is -0.391 e. The molecule has 0 unspecified atom stereocenters. The molecule has 3 heteroatoms. The van der Waals surface area contributed by atoms with Crippen LogP contribution < -0.4 is 0 Å². The molecule has 0 spiro atoms. The van der Waals surface area contributed by atoms with Crippen molar-refractivity contribution in [2.75, 3.05) is 19.7 Å². The lowest BCUT2D eigenvalue weighted by Crippen LogP contribution is -2.46. The third-order valence-corrected chi connectivity index (χ3v) is 2.96. The van der Waals surface area contributed by atoms with Crippen LogP contribution in [0, 0.1) is 0 Å². The summed E-state index contributed by atoms with van der Waals surface area (Å²) in [5, 5.41) is 9.51. The molecule has 1 aliphatic rings. The molecule has 88 valence electrons. The number of ether oxygens (including phenoxy) is 1. The Morgan fingerprint density at radius 2 is 2.19 bits per heavy atom. The Balaban J connectivity index is 1.90. The van der Waals surface area contributed by atoms with Crippen LogP contribution in [0.3, 0.4) is 0 Å². The van der Waals surface area contributed by atoms with Crippen LogP contribution in [-0.2, 0) is 11.3 Å². The summed E-state index contributed by atoms with van der Waals surface area (Å²) >= 11 is 0. The van der Waals surface area contributed by atoms with E-state index < -0.39 is 6.10 Å². The van der Waals surface area contributed by atoms with Gasteiger partial charge in [-0.3, -0.25) is 4.90 Å². The van der Waals surface area contributed by atoms with Crippen LogP contribution in [0.25, 0.3) is 0 Å². The molecular weight excluding hydrogens is 202 g/mol. The van der Waals surface area contributed by atoms with Crippen molar-refractivity contribution in [2.24, 2.45) is 0 Å². The summed E-state index contributed by atoms with van der Waals surface area (Å²) in [6.07, 6.45) is -0.434. The van der Waals surface area contributed by atoms with Gasteiger partial charge in [0, 0.05) is 19.6 Å². The number of aliphatic hydroxyl groups excluding tert-OH is 1. The van der Waals surface area contributed by atoms with E-state index in [9.17, 15) is 5.11 Å². The fraction of sp³-hybridized carbons (Fsp3) is 0.538. The first-order chi connectivity index (χ1) is 7.75. The van der Waals surface area contributed by atoms with E-state index in [1.165, 1.54) is 5.56 Å². The second-order valence-electron chi connectivity index (χ2n) is 4.37. The molecule has 1 saturated heterocycles. The second-order valence-corrected chi connectivity index (χ2v) is 4.37. The first-order valence-electron chi connectivity index (χ1n) is 5.81. The molecule has 0 bridgehead atoms. The predicted octanol–water partition coefficient (Wildman–Crippen LogP) is 1.27. The molecule has 0 radical (unpaired) electrons. The first-order valence-corrected chi connectivity index (χ1v) is 5.81. The highest BCUT2D eigenvalue weighted by atomic mass is 16.5. The standard InChI is InChI=1S/C13H19NO2/c1-11(15)13-10-14(7-8-16-13)9-12-5-3-2-4-6-12/h2-6,11,13,15H,7-10H2,1H3/t11-,13+/m1/s1. The Morgan fingerprint density at radius 3 is 2.88 bits per heavy atom. The van der Waals surface area contributed by atoms with Crippen molar-refractivity contribution in [2.45, 2.75) is 25.7 Å². The summed E-state index contributed by atoms with van der Waals surface area (Å²) in [6, 6.07) is 10.4. The van der Waals surface area contributed by atoms with E-state index >= 15 is 0 Å². The SMILES string of the molecule is C[C@@H](O)[C@@H]1CN(Cc2ccccc2)CCO1. The van der Waals surface area contributed by atoms with Crippen molar-refractivity contribution in [3.63, 3.8) is 0 Å². The first kappa shape index (κ1) is 11.6. The molecule has 1 fully saturated rings. The van der Waals surface area contributed by atoms with Crippen LogP contribution in [0.15, 0.2) is 30.3 Å². The van der Waals surface area contributed by atoms with Gasteiger partial charge in [0.25, 0.3) is 0 Å². The highest BCUT2D eigenvalue weighted by Gasteiger charge is 2.23. The van der Waals surface area contributed by atoms with Gasteiger partial charge in [0.1, 0.15) is 0 Å². The van der Waals surface area contributed by atoms with Crippen molar-refractivity contribution in [1.29, 1.82) is 0 Å². The molecule has 3 nitrogen and oxygen atoms in total. The Labute approximate surface area is 96.6 Å². The Bertz CT molecular complexity index is 313. The number of rotatable bonds is 3. The van der Waals surface area contributed by atoms with Gasteiger partial charge in [-0.2, -0.15) is 0 Å². The smallest absolute Gasteiger partial charge is 0.0958 e. The van der Waals surface area contributed by atoms with Crippen LogP contribution in [0.2, 0.25) is 0 Å². The Hall–Kier alpha value is -0.900. The van der Waals surface area contributed by atoms with Crippen molar-refractivity contribution in [3.8, 4) is 0 Å². The van der Waals surface area contributed by atoms with Crippen LogP contribution in [0.5, 0.6) is 0 Å². The lowest BCUT2D eigenvalue weighted by atomic mass is 10.1. The van der Waals surface area contributed by atoms with E-state index in [1.807, 2.05) is 6.07 Å².